The molecule has 106 valence electrons. The lowest BCUT2D eigenvalue weighted by Gasteiger charge is -2.26. The van der Waals surface area contributed by atoms with Crippen molar-refractivity contribution in [1.82, 2.24) is 0 Å². The van der Waals surface area contributed by atoms with Crippen LogP contribution in [0.2, 0.25) is 5.02 Å². The molecule has 0 aromatic heterocycles. The predicted octanol–water partition coefficient (Wildman–Crippen LogP) is 4.95. The molecule has 1 aromatic carbocycles. The number of Topliss-reactive ketones (excluding diaryl/α,β-unsaturated/α-hetero) is 1. The lowest BCUT2D eigenvalue weighted by atomic mass is 10.1. The summed E-state index contributed by atoms with van der Waals surface area (Å²) in [5, 5.41) is 0.680. The highest BCUT2D eigenvalue weighted by Crippen LogP contribution is 2.27. The first-order chi connectivity index (χ1) is 9.10. The molecule has 0 atom stereocenters. The fourth-order valence-electron chi connectivity index (χ4n) is 2.03. The molecule has 0 saturated carbocycles. The van der Waals surface area contributed by atoms with Crippen LogP contribution in [0.15, 0.2) is 18.2 Å². The molecule has 0 aliphatic rings. The van der Waals surface area contributed by atoms with Crippen molar-refractivity contribution in [2.75, 3.05) is 18.0 Å². The van der Waals surface area contributed by atoms with E-state index >= 15 is 0 Å². The van der Waals surface area contributed by atoms with E-state index in [1.165, 1.54) is 12.8 Å². The molecular formula is C16H24ClNO. The number of unbranched alkanes of at least 4 members (excludes halogenated alkanes) is 2. The average Bonchev–Trinajstić information content (AvgIpc) is 2.39. The van der Waals surface area contributed by atoms with Crippen molar-refractivity contribution in [3.8, 4) is 0 Å². The van der Waals surface area contributed by atoms with E-state index in [0.29, 0.717) is 10.6 Å². The van der Waals surface area contributed by atoms with Crippen LogP contribution < -0.4 is 4.90 Å². The summed E-state index contributed by atoms with van der Waals surface area (Å²) in [6.45, 7) is 8.00. The van der Waals surface area contributed by atoms with Gasteiger partial charge in [-0.2, -0.15) is 0 Å². The van der Waals surface area contributed by atoms with E-state index < -0.39 is 0 Å². The smallest absolute Gasteiger partial charge is 0.159 e. The highest BCUT2D eigenvalue weighted by molar-refractivity contribution is 6.33. The molecule has 19 heavy (non-hydrogen) atoms. The van der Waals surface area contributed by atoms with Crippen molar-refractivity contribution in [2.24, 2.45) is 0 Å². The van der Waals surface area contributed by atoms with Crippen LogP contribution >= 0.6 is 11.6 Å². The number of nitrogens with zero attached hydrogens (tertiary/aromatic N) is 1. The number of halogens is 1. The zero-order chi connectivity index (χ0) is 14.3. The van der Waals surface area contributed by atoms with Crippen LogP contribution in [0.25, 0.3) is 0 Å². The minimum Gasteiger partial charge on any atom is -0.370 e. The van der Waals surface area contributed by atoms with Crippen LogP contribution in [0.3, 0.4) is 0 Å². The lowest BCUT2D eigenvalue weighted by Crippen LogP contribution is -2.26. The molecular weight excluding hydrogens is 258 g/mol. The van der Waals surface area contributed by atoms with Crippen molar-refractivity contribution in [1.29, 1.82) is 0 Å². The monoisotopic (exact) mass is 281 g/mol. The fourth-order valence-corrected chi connectivity index (χ4v) is 2.33. The van der Waals surface area contributed by atoms with Gasteiger partial charge in [0.25, 0.3) is 0 Å². The minimum absolute atomic E-state index is 0.0575. The molecule has 0 bridgehead atoms. The van der Waals surface area contributed by atoms with E-state index in [1.54, 1.807) is 13.0 Å². The zero-order valence-corrected chi connectivity index (χ0v) is 13.0. The largest absolute Gasteiger partial charge is 0.370 e. The lowest BCUT2D eigenvalue weighted by molar-refractivity contribution is 0.101. The van der Waals surface area contributed by atoms with Gasteiger partial charge in [0.2, 0.25) is 0 Å². The summed E-state index contributed by atoms with van der Waals surface area (Å²) in [4.78, 5) is 13.7. The number of anilines is 1. The third-order valence-electron chi connectivity index (χ3n) is 3.26. The van der Waals surface area contributed by atoms with Crippen LogP contribution in [-0.4, -0.2) is 18.9 Å². The molecule has 0 heterocycles. The molecule has 0 unspecified atom stereocenters. The third-order valence-corrected chi connectivity index (χ3v) is 3.56. The van der Waals surface area contributed by atoms with Gasteiger partial charge in [-0.15, -0.1) is 0 Å². The summed E-state index contributed by atoms with van der Waals surface area (Å²) in [6, 6.07) is 5.63. The Hall–Kier alpha value is -1.02. The van der Waals surface area contributed by atoms with Gasteiger partial charge in [-0.3, -0.25) is 4.79 Å². The van der Waals surface area contributed by atoms with Crippen molar-refractivity contribution < 1.29 is 4.79 Å². The number of hydrogen-bond acceptors (Lipinski definition) is 2. The Morgan fingerprint density at radius 3 is 2.16 bits per heavy atom. The number of ketones is 1. The number of benzene rings is 1. The van der Waals surface area contributed by atoms with Crippen molar-refractivity contribution in [3.05, 3.63) is 28.8 Å². The molecule has 3 heteroatoms. The van der Waals surface area contributed by atoms with E-state index in [9.17, 15) is 4.79 Å². The molecule has 0 radical (unpaired) electrons. The summed E-state index contributed by atoms with van der Waals surface area (Å²) in [6.07, 6.45) is 4.67. The van der Waals surface area contributed by atoms with Gasteiger partial charge in [0.15, 0.2) is 5.78 Å². The topological polar surface area (TPSA) is 20.3 Å². The van der Waals surface area contributed by atoms with Crippen LogP contribution in [0.5, 0.6) is 0 Å². The predicted molar refractivity (Wildman–Crippen MR) is 83.5 cm³/mol. The van der Waals surface area contributed by atoms with E-state index in [-0.39, 0.29) is 5.78 Å². The number of rotatable bonds is 8. The number of carbonyl (C=O) groups excluding carboxylic acids is 1. The second-order valence-corrected chi connectivity index (χ2v) is 5.32. The Kier molecular flexibility index (Phi) is 6.93. The average molecular weight is 282 g/mol. The molecule has 0 fully saturated rings. The number of carbonyl (C=O) groups is 1. The maximum atomic E-state index is 11.4. The first-order valence-corrected chi connectivity index (χ1v) is 7.53. The molecule has 0 N–H and O–H groups in total. The maximum Gasteiger partial charge on any atom is 0.159 e. The molecule has 0 aliphatic heterocycles. The van der Waals surface area contributed by atoms with Crippen LogP contribution in [0.4, 0.5) is 5.69 Å². The zero-order valence-electron chi connectivity index (χ0n) is 12.2. The first kappa shape index (κ1) is 16.0. The Bertz CT molecular complexity index is 409. The Morgan fingerprint density at radius 2 is 1.74 bits per heavy atom. The highest BCUT2D eigenvalue weighted by atomic mass is 35.5. The van der Waals surface area contributed by atoms with E-state index in [1.807, 2.05) is 12.1 Å². The fraction of sp³-hybridized carbons (Fsp3) is 0.562. The van der Waals surface area contributed by atoms with Crippen molar-refractivity contribution in [2.45, 2.75) is 46.5 Å². The molecule has 0 spiro atoms. The summed E-state index contributed by atoms with van der Waals surface area (Å²) in [5.74, 6) is 0.0575. The third kappa shape index (κ3) is 4.87. The Labute approximate surface area is 121 Å². The van der Waals surface area contributed by atoms with Crippen LogP contribution in [0, 0.1) is 0 Å². The Balaban J connectivity index is 2.90. The van der Waals surface area contributed by atoms with Gasteiger partial charge >= 0.3 is 0 Å². The summed E-state index contributed by atoms with van der Waals surface area (Å²) in [5.41, 5.74) is 1.73. The van der Waals surface area contributed by atoms with Crippen LogP contribution in [0.1, 0.15) is 56.8 Å². The van der Waals surface area contributed by atoms with Gasteiger partial charge in [0.05, 0.1) is 10.7 Å². The Morgan fingerprint density at radius 1 is 1.16 bits per heavy atom. The van der Waals surface area contributed by atoms with Gasteiger partial charge < -0.3 is 4.90 Å². The first-order valence-electron chi connectivity index (χ1n) is 7.15. The quantitative estimate of drug-likeness (QED) is 0.629. The van der Waals surface area contributed by atoms with E-state index in [0.717, 1.165) is 31.6 Å². The van der Waals surface area contributed by atoms with E-state index in [2.05, 4.69) is 18.7 Å². The normalized spacial score (nSPS) is 10.5. The molecule has 0 aliphatic carbocycles. The summed E-state index contributed by atoms with van der Waals surface area (Å²) in [7, 11) is 0. The van der Waals surface area contributed by atoms with Gasteiger partial charge in [-0.1, -0.05) is 38.3 Å². The highest BCUT2D eigenvalue weighted by Gasteiger charge is 2.11. The van der Waals surface area contributed by atoms with Crippen molar-refractivity contribution in [3.63, 3.8) is 0 Å². The summed E-state index contributed by atoms with van der Waals surface area (Å²) < 4.78 is 0. The van der Waals surface area contributed by atoms with Gasteiger partial charge in [0.1, 0.15) is 0 Å². The molecule has 0 saturated heterocycles. The standard InChI is InChI=1S/C16H24ClNO/c1-4-6-10-18(11-7-5-2)16-9-8-14(13(3)19)12-15(16)17/h8-9,12H,4-7,10-11H2,1-3H3. The van der Waals surface area contributed by atoms with Gasteiger partial charge in [0, 0.05) is 18.7 Å². The maximum absolute atomic E-state index is 11.4. The van der Waals surface area contributed by atoms with Gasteiger partial charge in [-0.05, 0) is 38.0 Å². The number of hydrogen-bond donors (Lipinski definition) is 0. The van der Waals surface area contributed by atoms with Gasteiger partial charge in [-0.25, -0.2) is 0 Å². The van der Waals surface area contributed by atoms with E-state index in [4.69, 9.17) is 11.6 Å². The molecule has 1 rings (SSSR count). The molecule has 2 nitrogen and oxygen atoms in total. The second kappa shape index (κ2) is 8.21. The minimum atomic E-state index is 0.0575. The molecule has 1 aromatic rings. The van der Waals surface area contributed by atoms with Crippen molar-refractivity contribution >= 4 is 23.1 Å². The summed E-state index contributed by atoms with van der Waals surface area (Å²) >= 11 is 6.33. The second-order valence-electron chi connectivity index (χ2n) is 4.92. The molecule has 0 amide bonds. The van der Waals surface area contributed by atoms with Crippen LogP contribution in [-0.2, 0) is 0 Å². The SMILES string of the molecule is CCCCN(CCCC)c1ccc(C(C)=O)cc1Cl.